The number of nitrogens with two attached hydrogens (primary N) is 1. The van der Waals surface area contributed by atoms with Crippen molar-refractivity contribution < 1.29 is 19.3 Å². The van der Waals surface area contributed by atoms with Gasteiger partial charge in [-0.2, -0.15) is 0 Å². The van der Waals surface area contributed by atoms with E-state index in [1.165, 1.54) is 0 Å². The molecule has 0 heterocycles. The van der Waals surface area contributed by atoms with E-state index < -0.39 is 6.10 Å². The summed E-state index contributed by atoms with van der Waals surface area (Å²) >= 11 is 0. The standard InChI is InChI=1S/C16H27NO4/c1-4-5-8-20-10-13(18)11-21-16-9-14(19-3)6-7-15(16)12(2)17/h6-7,9,12-13,18H,4-5,8,10-11,17H2,1-3H3/t12-,13?/m0/s1. The topological polar surface area (TPSA) is 73.9 Å². The molecule has 0 aromatic heterocycles. The molecule has 1 unspecified atom stereocenters. The summed E-state index contributed by atoms with van der Waals surface area (Å²) in [5, 5.41) is 9.85. The number of hydrogen-bond acceptors (Lipinski definition) is 5. The van der Waals surface area contributed by atoms with Crippen molar-refractivity contribution >= 4 is 0 Å². The minimum Gasteiger partial charge on any atom is -0.497 e. The van der Waals surface area contributed by atoms with Crippen molar-refractivity contribution in [2.24, 2.45) is 5.73 Å². The van der Waals surface area contributed by atoms with E-state index in [-0.39, 0.29) is 19.3 Å². The average molecular weight is 297 g/mol. The second-order valence-electron chi connectivity index (χ2n) is 5.09. The number of ether oxygens (including phenoxy) is 3. The van der Waals surface area contributed by atoms with Crippen LogP contribution in [0.1, 0.15) is 38.3 Å². The van der Waals surface area contributed by atoms with Crippen molar-refractivity contribution in [2.45, 2.75) is 38.8 Å². The predicted octanol–water partition coefficient (Wildman–Crippen LogP) is 2.27. The van der Waals surface area contributed by atoms with Gasteiger partial charge in [0.15, 0.2) is 0 Å². The molecule has 0 spiro atoms. The molecule has 5 nitrogen and oxygen atoms in total. The van der Waals surface area contributed by atoms with Gasteiger partial charge in [0.05, 0.1) is 13.7 Å². The highest BCUT2D eigenvalue weighted by atomic mass is 16.5. The van der Waals surface area contributed by atoms with Crippen LogP contribution in [0.25, 0.3) is 0 Å². The maximum atomic E-state index is 9.85. The molecule has 0 bridgehead atoms. The molecule has 0 amide bonds. The Morgan fingerprint density at radius 3 is 2.67 bits per heavy atom. The lowest BCUT2D eigenvalue weighted by atomic mass is 10.1. The van der Waals surface area contributed by atoms with Crippen molar-refractivity contribution in [2.75, 3.05) is 26.9 Å². The second-order valence-corrected chi connectivity index (χ2v) is 5.09. The summed E-state index contributed by atoms with van der Waals surface area (Å²) in [5.74, 6) is 1.33. The normalized spacial score (nSPS) is 13.8. The van der Waals surface area contributed by atoms with E-state index >= 15 is 0 Å². The fourth-order valence-electron chi connectivity index (χ4n) is 1.84. The highest BCUT2D eigenvalue weighted by Gasteiger charge is 2.12. The van der Waals surface area contributed by atoms with Gasteiger partial charge in [0.25, 0.3) is 0 Å². The van der Waals surface area contributed by atoms with Gasteiger partial charge in [-0.05, 0) is 19.4 Å². The minimum atomic E-state index is -0.658. The van der Waals surface area contributed by atoms with Crippen LogP contribution in [0.5, 0.6) is 11.5 Å². The Morgan fingerprint density at radius 2 is 2.05 bits per heavy atom. The lowest BCUT2D eigenvalue weighted by Crippen LogP contribution is -2.24. The molecule has 3 N–H and O–H groups in total. The van der Waals surface area contributed by atoms with E-state index in [4.69, 9.17) is 19.9 Å². The molecule has 0 aliphatic rings. The molecular weight excluding hydrogens is 270 g/mol. The summed E-state index contributed by atoms with van der Waals surface area (Å²) in [4.78, 5) is 0. The van der Waals surface area contributed by atoms with Crippen LogP contribution in [0.15, 0.2) is 18.2 Å². The summed E-state index contributed by atoms with van der Waals surface area (Å²) < 4.78 is 16.2. The molecule has 0 fully saturated rings. The third-order valence-corrected chi connectivity index (χ3v) is 3.09. The number of aliphatic hydroxyl groups excluding tert-OH is 1. The molecular formula is C16H27NO4. The van der Waals surface area contributed by atoms with E-state index in [9.17, 15) is 5.11 Å². The van der Waals surface area contributed by atoms with Gasteiger partial charge < -0.3 is 25.1 Å². The molecule has 5 heteroatoms. The molecule has 0 radical (unpaired) electrons. The number of benzene rings is 1. The maximum Gasteiger partial charge on any atom is 0.127 e. The second kappa shape index (κ2) is 9.60. The highest BCUT2D eigenvalue weighted by Crippen LogP contribution is 2.28. The Balaban J connectivity index is 2.52. The number of unbranched alkanes of at least 4 members (excludes halogenated alkanes) is 1. The van der Waals surface area contributed by atoms with Crippen LogP contribution in [0.4, 0.5) is 0 Å². The first-order chi connectivity index (χ1) is 10.1. The van der Waals surface area contributed by atoms with E-state index in [2.05, 4.69) is 6.92 Å². The molecule has 120 valence electrons. The van der Waals surface area contributed by atoms with Gasteiger partial charge >= 0.3 is 0 Å². The third-order valence-electron chi connectivity index (χ3n) is 3.09. The first-order valence-electron chi connectivity index (χ1n) is 7.40. The van der Waals surface area contributed by atoms with E-state index in [1.807, 2.05) is 19.1 Å². The number of aliphatic hydroxyl groups is 1. The SMILES string of the molecule is CCCCOCC(O)COc1cc(OC)ccc1[C@H](C)N. The fraction of sp³-hybridized carbons (Fsp3) is 0.625. The van der Waals surface area contributed by atoms with Crippen molar-refractivity contribution in [3.8, 4) is 11.5 Å². The Morgan fingerprint density at radius 1 is 1.29 bits per heavy atom. The molecule has 21 heavy (non-hydrogen) atoms. The number of rotatable bonds is 10. The number of methoxy groups -OCH3 is 1. The van der Waals surface area contributed by atoms with Gasteiger partial charge in [0.1, 0.15) is 24.2 Å². The lowest BCUT2D eigenvalue weighted by Gasteiger charge is -2.17. The molecule has 0 saturated heterocycles. The Hall–Kier alpha value is -1.30. The molecule has 1 aromatic rings. The molecule has 1 aromatic carbocycles. The first kappa shape index (κ1) is 17.8. The van der Waals surface area contributed by atoms with Crippen LogP contribution < -0.4 is 15.2 Å². The smallest absolute Gasteiger partial charge is 0.127 e. The zero-order valence-electron chi connectivity index (χ0n) is 13.2. The summed E-state index contributed by atoms with van der Waals surface area (Å²) in [7, 11) is 1.60. The molecule has 0 aliphatic carbocycles. The van der Waals surface area contributed by atoms with Crippen LogP contribution in [-0.2, 0) is 4.74 Å². The van der Waals surface area contributed by atoms with Gasteiger partial charge in [0, 0.05) is 24.3 Å². The zero-order chi connectivity index (χ0) is 15.7. The van der Waals surface area contributed by atoms with Gasteiger partial charge in [-0.3, -0.25) is 0 Å². The Kier molecular flexibility index (Phi) is 8.12. The van der Waals surface area contributed by atoms with Crippen molar-refractivity contribution in [3.05, 3.63) is 23.8 Å². The van der Waals surface area contributed by atoms with Crippen LogP contribution in [0.2, 0.25) is 0 Å². The van der Waals surface area contributed by atoms with E-state index in [0.717, 1.165) is 18.4 Å². The summed E-state index contributed by atoms with van der Waals surface area (Å²) in [6, 6.07) is 5.35. The highest BCUT2D eigenvalue weighted by molar-refractivity contribution is 5.42. The summed E-state index contributed by atoms with van der Waals surface area (Å²) in [5.41, 5.74) is 6.80. The lowest BCUT2D eigenvalue weighted by molar-refractivity contribution is 0.0110. The van der Waals surface area contributed by atoms with E-state index in [0.29, 0.717) is 18.1 Å². The number of hydrogen-bond donors (Lipinski definition) is 2. The summed E-state index contributed by atoms with van der Waals surface area (Å²) in [6.45, 7) is 5.09. The summed E-state index contributed by atoms with van der Waals surface area (Å²) in [6.07, 6.45) is 1.42. The average Bonchev–Trinajstić information content (AvgIpc) is 2.49. The van der Waals surface area contributed by atoms with Crippen LogP contribution in [-0.4, -0.2) is 38.1 Å². The monoisotopic (exact) mass is 297 g/mol. The van der Waals surface area contributed by atoms with Crippen LogP contribution in [0.3, 0.4) is 0 Å². The van der Waals surface area contributed by atoms with Crippen LogP contribution in [0, 0.1) is 0 Å². The van der Waals surface area contributed by atoms with Crippen LogP contribution >= 0.6 is 0 Å². The maximum absolute atomic E-state index is 9.85. The third kappa shape index (κ3) is 6.33. The quantitative estimate of drug-likeness (QED) is 0.648. The molecule has 0 saturated carbocycles. The fourth-order valence-corrected chi connectivity index (χ4v) is 1.84. The first-order valence-corrected chi connectivity index (χ1v) is 7.40. The largest absolute Gasteiger partial charge is 0.497 e. The minimum absolute atomic E-state index is 0.149. The Bertz CT molecular complexity index is 409. The van der Waals surface area contributed by atoms with Gasteiger partial charge in [-0.25, -0.2) is 0 Å². The Labute approximate surface area is 127 Å². The van der Waals surface area contributed by atoms with Crippen molar-refractivity contribution in [1.29, 1.82) is 0 Å². The zero-order valence-corrected chi connectivity index (χ0v) is 13.2. The van der Waals surface area contributed by atoms with Crippen molar-refractivity contribution in [1.82, 2.24) is 0 Å². The van der Waals surface area contributed by atoms with Gasteiger partial charge in [0.2, 0.25) is 0 Å². The van der Waals surface area contributed by atoms with Crippen molar-refractivity contribution in [3.63, 3.8) is 0 Å². The molecule has 1 rings (SSSR count). The predicted molar refractivity (Wildman–Crippen MR) is 82.8 cm³/mol. The molecule has 0 aliphatic heterocycles. The molecule has 2 atom stereocenters. The van der Waals surface area contributed by atoms with E-state index in [1.54, 1.807) is 13.2 Å². The van der Waals surface area contributed by atoms with Gasteiger partial charge in [-0.1, -0.05) is 19.4 Å². The van der Waals surface area contributed by atoms with Gasteiger partial charge in [-0.15, -0.1) is 0 Å².